The van der Waals surface area contributed by atoms with Crippen molar-refractivity contribution in [3.63, 3.8) is 0 Å². The smallest absolute Gasteiger partial charge is 0.233 e. The third-order valence-corrected chi connectivity index (χ3v) is 11.7. The SMILES string of the molecule is Brc1ccc(-c2nc3ccc(-c4ccccc4)cc3nc2-c2ccc(Br)cc2)cc1.Nc1ccc(-c2ccccc2)cc1N.O=C(C(=O)c1ccc(Br)cc1)c1ccc(Br)cc1. The highest BCUT2D eigenvalue weighted by Gasteiger charge is 2.18. The molecule has 10 heteroatoms. The van der Waals surface area contributed by atoms with Gasteiger partial charge < -0.3 is 11.5 Å². The first-order chi connectivity index (χ1) is 30.0. The molecule has 0 aliphatic rings. The molecule has 0 spiro atoms. The van der Waals surface area contributed by atoms with Crippen molar-refractivity contribution >= 4 is 97.7 Å². The summed E-state index contributed by atoms with van der Waals surface area (Å²) < 4.78 is 3.82. The van der Waals surface area contributed by atoms with E-state index in [0.717, 1.165) is 68.1 Å². The summed E-state index contributed by atoms with van der Waals surface area (Å²) in [6.45, 7) is 0. The lowest BCUT2D eigenvalue weighted by molar-refractivity contribution is 0.0817. The van der Waals surface area contributed by atoms with E-state index in [-0.39, 0.29) is 0 Å². The van der Waals surface area contributed by atoms with Gasteiger partial charge in [0.25, 0.3) is 0 Å². The normalized spacial score (nSPS) is 10.5. The molecule has 0 atom stereocenters. The van der Waals surface area contributed by atoms with Gasteiger partial charge in [-0.05, 0) is 119 Å². The van der Waals surface area contributed by atoms with E-state index >= 15 is 0 Å². The van der Waals surface area contributed by atoms with Crippen LogP contribution in [0.5, 0.6) is 0 Å². The molecule has 0 aliphatic carbocycles. The van der Waals surface area contributed by atoms with Crippen LogP contribution in [0.3, 0.4) is 0 Å². The maximum atomic E-state index is 12.0. The molecule has 0 radical (unpaired) electrons. The third kappa shape index (κ3) is 11.3. The monoisotopic (exact) mass is 1060 g/mol. The Balaban J connectivity index is 0.000000154. The molecule has 304 valence electrons. The highest BCUT2D eigenvalue weighted by atomic mass is 79.9. The number of rotatable bonds is 7. The van der Waals surface area contributed by atoms with Gasteiger partial charge >= 0.3 is 0 Å². The fourth-order valence-corrected chi connectivity index (χ4v) is 7.39. The number of halogens is 4. The fraction of sp³-hybridized carbons (Fsp3) is 0. The van der Waals surface area contributed by atoms with Crippen molar-refractivity contribution in [2.24, 2.45) is 0 Å². The van der Waals surface area contributed by atoms with Gasteiger partial charge in [-0.15, -0.1) is 0 Å². The number of carbonyl (C=O) groups excluding carboxylic acids is 2. The van der Waals surface area contributed by atoms with E-state index < -0.39 is 11.6 Å². The summed E-state index contributed by atoms with van der Waals surface area (Å²) in [7, 11) is 0. The number of ketones is 2. The Kier molecular flexibility index (Phi) is 14.7. The van der Waals surface area contributed by atoms with Crippen LogP contribution in [-0.2, 0) is 0 Å². The lowest BCUT2D eigenvalue weighted by atomic mass is 10.0. The summed E-state index contributed by atoms with van der Waals surface area (Å²) in [5.74, 6) is -0.991. The number of hydrogen-bond donors (Lipinski definition) is 2. The summed E-state index contributed by atoms with van der Waals surface area (Å²) >= 11 is 13.6. The summed E-state index contributed by atoms with van der Waals surface area (Å²) in [4.78, 5) is 34.0. The van der Waals surface area contributed by atoms with Gasteiger partial charge in [-0.1, -0.05) is 161 Å². The zero-order chi connectivity index (χ0) is 43.6. The molecule has 9 aromatic rings. The number of fused-ring (bicyclic) bond motifs is 1. The molecule has 0 amide bonds. The van der Waals surface area contributed by atoms with Crippen molar-refractivity contribution in [3.05, 3.63) is 223 Å². The van der Waals surface area contributed by atoms with E-state index in [9.17, 15) is 9.59 Å². The summed E-state index contributed by atoms with van der Waals surface area (Å²) in [6.07, 6.45) is 0. The predicted molar refractivity (Wildman–Crippen MR) is 269 cm³/mol. The molecule has 1 heterocycles. The van der Waals surface area contributed by atoms with Crippen LogP contribution in [0.2, 0.25) is 0 Å². The van der Waals surface area contributed by atoms with Crippen molar-refractivity contribution in [1.29, 1.82) is 0 Å². The number of Topliss-reactive ketones (excluding diaryl/α,β-unsaturated/α-hetero) is 2. The molecule has 0 saturated carbocycles. The number of nitrogens with two attached hydrogens (primary N) is 2. The Labute approximate surface area is 393 Å². The molecule has 6 nitrogen and oxygen atoms in total. The minimum atomic E-state index is -0.496. The maximum Gasteiger partial charge on any atom is 0.233 e. The van der Waals surface area contributed by atoms with E-state index in [1.54, 1.807) is 48.5 Å². The van der Waals surface area contributed by atoms with Gasteiger partial charge in [-0.3, -0.25) is 9.59 Å². The van der Waals surface area contributed by atoms with Crippen molar-refractivity contribution in [2.45, 2.75) is 0 Å². The van der Waals surface area contributed by atoms with Gasteiger partial charge in [0.1, 0.15) is 0 Å². The van der Waals surface area contributed by atoms with Crippen molar-refractivity contribution in [1.82, 2.24) is 9.97 Å². The number of carbonyl (C=O) groups is 2. The quantitative estimate of drug-likeness (QED) is 0.0934. The van der Waals surface area contributed by atoms with Gasteiger partial charge in [0.15, 0.2) is 0 Å². The molecule has 4 N–H and O–H groups in total. The van der Waals surface area contributed by atoms with Crippen LogP contribution in [0.4, 0.5) is 11.4 Å². The van der Waals surface area contributed by atoms with E-state index in [2.05, 4.69) is 130 Å². The first-order valence-electron chi connectivity index (χ1n) is 19.2. The zero-order valence-corrected chi connectivity index (χ0v) is 39.2. The van der Waals surface area contributed by atoms with Gasteiger partial charge in [0.2, 0.25) is 11.6 Å². The van der Waals surface area contributed by atoms with Crippen LogP contribution in [-0.4, -0.2) is 21.5 Å². The van der Waals surface area contributed by atoms with Crippen LogP contribution < -0.4 is 11.5 Å². The second kappa shape index (κ2) is 20.7. The number of benzene rings is 8. The molecule has 8 aromatic carbocycles. The molecule has 0 unspecified atom stereocenters. The molecule has 0 aliphatic heterocycles. The lowest BCUT2D eigenvalue weighted by Gasteiger charge is -2.12. The Morgan fingerprint density at radius 1 is 0.339 bits per heavy atom. The molecule has 0 saturated heterocycles. The number of aromatic nitrogens is 2. The van der Waals surface area contributed by atoms with Gasteiger partial charge in [-0.2, -0.15) is 0 Å². The van der Waals surface area contributed by atoms with Crippen molar-refractivity contribution in [3.8, 4) is 44.8 Å². The summed E-state index contributed by atoms with van der Waals surface area (Å²) in [6, 6.07) is 62.3. The van der Waals surface area contributed by atoms with E-state index in [1.165, 1.54) is 5.56 Å². The van der Waals surface area contributed by atoms with Crippen molar-refractivity contribution < 1.29 is 9.59 Å². The Morgan fingerprint density at radius 2 is 0.694 bits per heavy atom. The number of nitrogens with zero attached hydrogens (tertiary/aromatic N) is 2. The largest absolute Gasteiger partial charge is 0.397 e. The Hall–Kier alpha value is -6.04. The average molecular weight is 1070 g/mol. The first kappa shape index (κ1) is 44.0. The molecular weight excluding hydrogens is 1030 g/mol. The number of nitrogen functional groups attached to an aromatic ring is 2. The van der Waals surface area contributed by atoms with Crippen molar-refractivity contribution in [2.75, 3.05) is 11.5 Å². The predicted octanol–water partition coefficient (Wildman–Crippen LogP) is 15.0. The molecule has 62 heavy (non-hydrogen) atoms. The van der Waals surface area contributed by atoms with E-state index in [0.29, 0.717) is 22.5 Å². The van der Waals surface area contributed by atoms with Gasteiger partial charge in [0, 0.05) is 40.1 Å². The minimum absolute atomic E-state index is 0.395. The average Bonchev–Trinajstić information content (AvgIpc) is 3.31. The molecule has 0 bridgehead atoms. The molecule has 9 rings (SSSR count). The van der Waals surface area contributed by atoms with E-state index in [1.807, 2.05) is 78.9 Å². The van der Waals surface area contributed by atoms with Gasteiger partial charge in [0.05, 0.1) is 33.8 Å². The highest BCUT2D eigenvalue weighted by Crippen LogP contribution is 2.34. The highest BCUT2D eigenvalue weighted by molar-refractivity contribution is 9.11. The van der Waals surface area contributed by atoms with Crippen LogP contribution in [0, 0.1) is 0 Å². The molecule has 0 fully saturated rings. The van der Waals surface area contributed by atoms with Crippen LogP contribution >= 0.6 is 63.7 Å². The number of anilines is 2. The number of hydrogen-bond acceptors (Lipinski definition) is 6. The van der Waals surface area contributed by atoms with Crippen LogP contribution in [0.25, 0.3) is 55.8 Å². The van der Waals surface area contributed by atoms with Crippen LogP contribution in [0.15, 0.2) is 212 Å². The summed E-state index contributed by atoms with van der Waals surface area (Å²) in [5, 5.41) is 0. The molecular formula is C52H36Br4N4O2. The zero-order valence-electron chi connectivity index (χ0n) is 32.9. The lowest BCUT2D eigenvalue weighted by Crippen LogP contribution is -2.14. The topological polar surface area (TPSA) is 112 Å². The second-order valence-corrected chi connectivity index (χ2v) is 17.5. The minimum Gasteiger partial charge on any atom is -0.397 e. The first-order valence-corrected chi connectivity index (χ1v) is 22.4. The maximum absolute atomic E-state index is 12.0. The van der Waals surface area contributed by atoms with E-state index in [4.69, 9.17) is 21.4 Å². The summed E-state index contributed by atoms with van der Waals surface area (Å²) in [5.41, 5.74) is 23.6. The Bertz CT molecular complexity index is 2910. The standard InChI is InChI=1S/C26H16Br2N2.C14H8Br2O2.C12H12N2/c27-21-11-6-18(7-12-21)25-26(19-8-13-22(28)14-9-19)30-24-16-20(10-15-23(24)29-25)17-4-2-1-3-5-17;15-11-5-1-9(2-6-11)13(17)14(18)10-3-7-12(16)8-4-10;13-11-7-6-10(8-12(11)14)9-4-2-1-3-5-9/h1-16H;1-8H;1-8H,13-14H2. The molecule has 1 aromatic heterocycles. The third-order valence-electron chi connectivity index (χ3n) is 9.62. The van der Waals surface area contributed by atoms with Gasteiger partial charge in [-0.25, -0.2) is 9.97 Å². The fourth-order valence-electron chi connectivity index (χ4n) is 6.33. The second-order valence-electron chi connectivity index (χ2n) is 13.9. The van der Waals surface area contributed by atoms with Crippen LogP contribution in [0.1, 0.15) is 20.7 Å². The Morgan fingerprint density at radius 3 is 1.11 bits per heavy atom.